The lowest BCUT2D eigenvalue weighted by molar-refractivity contribution is 0.00720. The molecular weight excluding hydrogens is 238 g/mol. The fraction of sp³-hybridized carbons (Fsp3) is 0.308. The number of carbonyl (C=O) groups excluding carboxylic acids is 1. The van der Waals surface area contributed by atoms with Gasteiger partial charge < -0.3 is 9.14 Å². The number of halogens is 1. The van der Waals surface area contributed by atoms with Gasteiger partial charge in [-0.15, -0.1) is 0 Å². The lowest BCUT2D eigenvalue weighted by Crippen LogP contribution is -2.23. The molecule has 2 aromatic rings. The lowest BCUT2D eigenvalue weighted by atomic mass is 10.2. The fourth-order valence-corrected chi connectivity index (χ4v) is 1.83. The maximum absolute atomic E-state index is 12.0. The monoisotopic (exact) mass is 251 g/mol. The van der Waals surface area contributed by atoms with E-state index in [1.807, 2.05) is 32.9 Å². The van der Waals surface area contributed by atoms with Crippen molar-refractivity contribution >= 4 is 23.1 Å². The van der Waals surface area contributed by atoms with Crippen LogP contribution in [-0.2, 0) is 4.74 Å². The van der Waals surface area contributed by atoms with Crippen molar-refractivity contribution in [2.75, 3.05) is 0 Å². The summed E-state index contributed by atoms with van der Waals surface area (Å²) in [6.07, 6.45) is 1.76. The molecule has 0 aliphatic rings. The molecule has 2 rings (SSSR count). The Kier molecular flexibility index (Phi) is 2.87. The van der Waals surface area contributed by atoms with Crippen molar-refractivity contribution < 1.29 is 9.53 Å². The summed E-state index contributed by atoms with van der Waals surface area (Å²) in [6, 6.07) is 7.14. The standard InChI is InChI=1S/C13H14ClNO2/c1-13(2,3)17-12(16)9-7-8-15-10(9)5-4-6-11(15)14/h4-8H,1-3H3. The van der Waals surface area contributed by atoms with E-state index in [2.05, 4.69) is 0 Å². The first-order valence-electron chi connectivity index (χ1n) is 5.37. The highest BCUT2D eigenvalue weighted by Crippen LogP contribution is 2.20. The third-order valence-corrected chi connectivity index (χ3v) is 2.57. The van der Waals surface area contributed by atoms with Crippen LogP contribution >= 0.6 is 11.6 Å². The maximum Gasteiger partial charge on any atom is 0.340 e. The van der Waals surface area contributed by atoms with Gasteiger partial charge in [-0.1, -0.05) is 17.7 Å². The highest BCUT2D eigenvalue weighted by atomic mass is 35.5. The smallest absolute Gasteiger partial charge is 0.340 e. The van der Waals surface area contributed by atoms with Crippen LogP contribution in [0.1, 0.15) is 31.1 Å². The van der Waals surface area contributed by atoms with Crippen LogP contribution < -0.4 is 0 Å². The van der Waals surface area contributed by atoms with Crippen LogP contribution in [0.15, 0.2) is 30.5 Å². The summed E-state index contributed by atoms with van der Waals surface area (Å²) < 4.78 is 7.09. The van der Waals surface area contributed by atoms with Crippen LogP contribution in [0.5, 0.6) is 0 Å². The van der Waals surface area contributed by atoms with Crippen molar-refractivity contribution in [2.45, 2.75) is 26.4 Å². The Morgan fingerprint density at radius 2 is 2.00 bits per heavy atom. The molecule has 0 atom stereocenters. The second-order valence-corrected chi connectivity index (χ2v) is 5.22. The van der Waals surface area contributed by atoms with Crippen LogP contribution in [0.4, 0.5) is 0 Å². The predicted octanol–water partition coefficient (Wildman–Crippen LogP) is 3.55. The molecule has 0 spiro atoms. The molecule has 0 amide bonds. The van der Waals surface area contributed by atoms with Gasteiger partial charge >= 0.3 is 5.97 Å². The number of ether oxygens (including phenoxy) is 1. The number of fused-ring (bicyclic) bond motifs is 1. The van der Waals surface area contributed by atoms with E-state index in [4.69, 9.17) is 16.3 Å². The van der Waals surface area contributed by atoms with Crippen LogP contribution in [-0.4, -0.2) is 16.0 Å². The summed E-state index contributed by atoms with van der Waals surface area (Å²) in [6.45, 7) is 5.53. The molecule has 0 saturated carbocycles. The molecule has 0 aliphatic heterocycles. The van der Waals surface area contributed by atoms with Crippen molar-refractivity contribution in [3.05, 3.63) is 41.2 Å². The summed E-state index contributed by atoms with van der Waals surface area (Å²) >= 11 is 6.02. The Bertz CT molecular complexity index is 566. The third-order valence-electron chi connectivity index (χ3n) is 2.26. The van der Waals surface area contributed by atoms with E-state index >= 15 is 0 Å². The van der Waals surface area contributed by atoms with Gasteiger partial charge in [0.05, 0.1) is 11.1 Å². The van der Waals surface area contributed by atoms with Gasteiger partial charge in [-0.3, -0.25) is 0 Å². The molecule has 90 valence electrons. The number of hydrogen-bond donors (Lipinski definition) is 0. The first-order chi connectivity index (χ1) is 7.88. The van der Waals surface area contributed by atoms with Crippen LogP contribution in [0.25, 0.3) is 5.52 Å². The third kappa shape index (κ3) is 2.44. The first kappa shape index (κ1) is 12.0. The summed E-state index contributed by atoms with van der Waals surface area (Å²) in [5.74, 6) is -0.331. The van der Waals surface area contributed by atoms with E-state index < -0.39 is 5.60 Å². The Morgan fingerprint density at radius 1 is 1.29 bits per heavy atom. The normalized spacial score (nSPS) is 11.8. The Hall–Kier alpha value is -1.48. The quantitative estimate of drug-likeness (QED) is 0.573. The molecule has 4 heteroatoms. The Labute approximate surface area is 105 Å². The van der Waals surface area contributed by atoms with E-state index in [-0.39, 0.29) is 5.97 Å². The molecule has 0 N–H and O–H groups in total. The summed E-state index contributed by atoms with van der Waals surface area (Å²) in [5, 5.41) is 0.567. The highest BCUT2D eigenvalue weighted by Gasteiger charge is 2.20. The summed E-state index contributed by atoms with van der Waals surface area (Å²) in [5.41, 5.74) is 0.790. The minimum atomic E-state index is -0.496. The van der Waals surface area contributed by atoms with Crippen LogP contribution in [0.3, 0.4) is 0 Å². The molecule has 0 unspecified atom stereocenters. The molecule has 2 aromatic heterocycles. The van der Waals surface area contributed by atoms with Gasteiger partial charge in [0.25, 0.3) is 0 Å². The number of aromatic nitrogens is 1. The number of rotatable bonds is 1. The molecular formula is C13H14ClNO2. The van der Waals surface area contributed by atoms with Gasteiger partial charge in [0.15, 0.2) is 0 Å². The molecule has 2 heterocycles. The molecule has 0 bridgehead atoms. The van der Waals surface area contributed by atoms with Gasteiger partial charge in [-0.25, -0.2) is 4.79 Å². The van der Waals surface area contributed by atoms with Crippen molar-refractivity contribution in [1.82, 2.24) is 4.40 Å². The van der Waals surface area contributed by atoms with Crippen molar-refractivity contribution in [1.29, 1.82) is 0 Å². The topological polar surface area (TPSA) is 30.7 Å². The zero-order chi connectivity index (χ0) is 12.6. The lowest BCUT2D eigenvalue weighted by Gasteiger charge is -2.19. The maximum atomic E-state index is 12.0. The number of pyridine rings is 1. The second kappa shape index (κ2) is 4.08. The van der Waals surface area contributed by atoms with Crippen molar-refractivity contribution in [3.8, 4) is 0 Å². The van der Waals surface area contributed by atoms with Crippen LogP contribution in [0, 0.1) is 0 Å². The SMILES string of the molecule is CC(C)(C)OC(=O)c1ccn2c(Cl)cccc12. The minimum Gasteiger partial charge on any atom is -0.456 e. The average Bonchev–Trinajstić information content (AvgIpc) is 2.60. The number of esters is 1. The Morgan fingerprint density at radius 3 is 2.65 bits per heavy atom. The fourth-order valence-electron chi connectivity index (χ4n) is 1.61. The van der Waals surface area contributed by atoms with Crippen molar-refractivity contribution in [2.24, 2.45) is 0 Å². The molecule has 0 saturated heterocycles. The van der Waals surface area contributed by atoms with Gasteiger partial charge in [0.2, 0.25) is 0 Å². The van der Waals surface area contributed by atoms with Gasteiger partial charge in [0.1, 0.15) is 10.8 Å². The number of carbonyl (C=O) groups is 1. The average molecular weight is 252 g/mol. The van der Waals surface area contributed by atoms with E-state index in [0.717, 1.165) is 5.52 Å². The van der Waals surface area contributed by atoms with Gasteiger partial charge in [-0.05, 0) is 39.0 Å². The highest BCUT2D eigenvalue weighted by molar-refractivity contribution is 6.29. The van der Waals surface area contributed by atoms with Crippen LogP contribution in [0.2, 0.25) is 5.15 Å². The second-order valence-electron chi connectivity index (χ2n) is 4.84. The Balaban J connectivity index is 2.43. The number of hydrogen-bond acceptors (Lipinski definition) is 2. The minimum absolute atomic E-state index is 0.331. The predicted molar refractivity (Wildman–Crippen MR) is 67.6 cm³/mol. The number of nitrogens with zero attached hydrogens (tertiary/aromatic N) is 1. The first-order valence-corrected chi connectivity index (χ1v) is 5.75. The van der Waals surface area contributed by atoms with E-state index in [1.54, 1.807) is 22.7 Å². The molecule has 3 nitrogen and oxygen atoms in total. The molecule has 17 heavy (non-hydrogen) atoms. The van der Waals surface area contributed by atoms with E-state index in [0.29, 0.717) is 10.7 Å². The summed E-state index contributed by atoms with van der Waals surface area (Å²) in [7, 11) is 0. The van der Waals surface area contributed by atoms with Gasteiger partial charge in [0, 0.05) is 6.20 Å². The van der Waals surface area contributed by atoms with Gasteiger partial charge in [-0.2, -0.15) is 0 Å². The van der Waals surface area contributed by atoms with E-state index in [1.165, 1.54) is 0 Å². The van der Waals surface area contributed by atoms with Crippen molar-refractivity contribution in [3.63, 3.8) is 0 Å². The molecule has 0 radical (unpaired) electrons. The molecule has 0 aromatic carbocycles. The zero-order valence-corrected chi connectivity index (χ0v) is 10.8. The summed E-state index contributed by atoms with van der Waals surface area (Å²) in [4.78, 5) is 12.0. The molecule has 0 aliphatic carbocycles. The van der Waals surface area contributed by atoms with E-state index in [9.17, 15) is 4.79 Å². The largest absolute Gasteiger partial charge is 0.456 e. The molecule has 0 fully saturated rings. The zero-order valence-electron chi connectivity index (χ0n) is 10.0.